The number of rotatable bonds is 4. The SMILES string of the molecule is CCOC(=O)C[C@H](N)c1cn2ccccc2n1. The van der Waals surface area contributed by atoms with Gasteiger partial charge < -0.3 is 14.9 Å². The number of carbonyl (C=O) groups excluding carboxylic acids is 1. The maximum Gasteiger partial charge on any atom is 0.307 e. The minimum Gasteiger partial charge on any atom is -0.466 e. The van der Waals surface area contributed by atoms with E-state index in [1.54, 1.807) is 6.92 Å². The van der Waals surface area contributed by atoms with Gasteiger partial charge >= 0.3 is 5.97 Å². The van der Waals surface area contributed by atoms with Gasteiger partial charge in [-0.25, -0.2) is 4.98 Å². The fraction of sp³-hybridized carbons (Fsp3) is 0.333. The number of esters is 1. The van der Waals surface area contributed by atoms with Gasteiger partial charge in [-0.3, -0.25) is 4.79 Å². The molecule has 2 N–H and O–H groups in total. The maximum atomic E-state index is 11.3. The van der Waals surface area contributed by atoms with Crippen LogP contribution >= 0.6 is 0 Å². The highest BCUT2D eigenvalue weighted by Gasteiger charge is 2.15. The van der Waals surface area contributed by atoms with E-state index in [-0.39, 0.29) is 12.4 Å². The van der Waals surface area contributed by atoms with Crippen LogP contribution < -0.4 is 5.73 Å². The Labute approximate surface area is 99.2 Å². The predicted molar refractivity (Wildman–Crippen MR) is 63.4 cm³/mol. The molecule has 0 unspecified atom stereocenters. The van der Waals surface area contributed by atoms with E-state index in [2.05, 4.69) is 4.98 Å². The van der Waals surface area contributed by atoms with Gasteiger partial charge in [0.2, 0.25) is 0 Å². The quantitative estimate of drug-likeness (QED) is 0.808. The molecule has 2 aromatic rings. The zero-order valence-electron chi connectivity index (χ0n) is 9.67. The summed E-state index contributed by atoms with van der Waals surface area (Å²) in [6.45, 7) is 2.14. The van der Waals surface area contributed by atoms with Gasteiger partial charge in [-0.15, -0.1) is 0 Å². The van der Waals surface area contributed by atoms with Gasteiger partial charge in [0.1, 0.15) is 5.65 Å². The van der Waals surface area contributed by atoms with Crippen LogP contribution in [0.1, 0.15) is 25.1 Å². The highest BCUT2D eigenvalue weighted by atomic mass is 16.5. The van der Waals surface area contributed by atoms with Gasteiger partial charge in [0.05, 0.1) is 24.8 Å². The molecular formula is C12H15N3O2. The molecule has 0 aliphatic rings. The monoisotopic (exact) mass is 233 g/mol. The predicted octanol–water partition coefficient (Wildman–Crippen LogP) is 1.29. The molecule has 0 bridgehead atoms. The van der Waals surface area contributed by atoms with Crippen LogP contribution in [-0.4, -0.2) is 22.0 Å². The molecular weight excluding hydrogens is 218 g/mol. The van der Waals surface area contributed by atoms with Crippen LogP contribution in [0.25, 0.3) is 5.65 Å². The summed E-state index contributed by atoms with van der Waals surface area (Å²) in [4.78, 5) is 15.7. The first-order chi connectivity index (χ1) is 8.20. The number of nitrogens with two attached hydrogens (primary N) is 1. The van der Waals surface area contributed by atoms with E-state index in [1.165, 1.54) is 0 Å². The number of hydrogen-bond donors (Lipinski definition) is 1. The van der Waals surface area contributed by atoms with Crippen molar-refractivity contribution in [3.8, 4) is 0 Å². The molecule has 5 nitrogen and oxygen atoms in total. The van der Waals surface area contributed by atoms with E-state index in [4.69, 9.17) is 10.5 Å². The maximum absolute atomic E-state index is 11.3. The van der Waals surface area contributed by atoms with Crippen LogP contribution in [0.5, 0.6) is 0 Å². The number of carbonyl (C=O) groups is 1. The van der Waals surface area contributed by atoms with Crippen molar-refractivity contribution >= 4 is 11.6 Å². The van der Waals surface area contributed by atoms with Gasteiger partial charge in [0.25, 0.3) is 0 Å². The van der Waals surface area contributed by atoms with Crippen molar-refractivity contribution in [1.82, 2.24) is 9.38 Å². The zero-order chi connectivity index (χ0) is 12.3. The lowest BCUT2D eigenvalue weighted by Gasteiger charge is -2.07. The zero-order valence-corrected chi connectivity index (χ0v) is 9.67. The summed E-state index contributed by atoms with van der Waals surface area (Å²) in [5, 5.41) is 0. The summed E-state index contributed by atoms with van der Waals surface area (Å²) in [6, 6.07) is 5.28. The molecule has 17 heavy (non-hydrogen) atoms. The molecule has 0 aliphatic carbocycles. The number of imidazole rings is 1. The molecule has 0 saturated carbocycles. The molecule has 0 aliphatic heterocycles. The van der Waals surface area contributed by atoms with Crippen LogP contribution in [0.3, 0.4) is 0 Å². The molecule has 2 aromatic heterocycles. The van der Waals surface area contributed by atoms with Crippen molar-refractivity contribution in [2.75, 3.05) is 6.61 Å². The van der Waals surface area contributed by atoms with Crippen molar-refractivity contribution in [2.24, 2.45) is 5.73 Å². The normalized spacial score (nSPS) is 12.6. The van der Waals surface area contributed by atoms with Crippen LogP contribution in [0, 0.1) is 0 Å². The van der Waals surface area contributed by atoms with E-state index in [9.17, 15) is 4.79 Å². The molecule has 2 heterocycles. The Morgan fingerprint density at radius 2 is 2.41 bits per heavy atom. The van der Waals surface area contributed by atoms with Crippen molar-refractivity contribution in [2.45, 2.75) is 19.4 Å². The number of ether oxygens (including phenoxy) is 1. The summed E-state index contributed by atoms with van der Waals surface area (Å²) >= 11 is 0. The topological polar surface area (TPSA) is 69.6 Å². The minimum absolute atomic E-state index is 0.151. The van der Waals surface area contributed by atoms with Crippen LogP contribution in [-0.2, 0) is 9.53 Å². The average molecular weight is 233 g/mol. The molecule has 2 rings (SSSR count). The lowest BCUT2D eigenvalue weighted by Crippen LogP contribution is -2.17. The Kier molecular flexibility index (Phi) is 3.39. The lowest BCUT2D eigenvalue weighted by atomic mass is 10.2. The Hall–Kier alpha value is -1.88. The molecule has 90 valence electrons. The molecule has 0 spiro atoms. The Morgan fingerprint density at radius 1 is 1.59 bits per heavy atom. The molecule has 0 saturated heterocycles. The minimum atomic E-state index is -0.422. The summed E-state index contributed by atoms with van der Waals surface area (Å²) in [5.74, 6) is -0.294. The van der Waals surface area contributed by atoms with Gasteiger partial charge in [0.15, 0.2) is 0 Å². The van der Waals surface area contributed by atoms with E-state index >= 15 is 0 Å². The first-order valence-corrected chi connectivity index (χ1v) is 5.55. The molecule has 0 radical (unpaired) electrons. The number of hydrogen-bond acceptors (Lipinski definition) is 4. The second-order valence-electron chi connectivity index (χ2n) is 3.75. The molecule has 0 aromatic carbocycles. The second kappa shape index (κ2) is 4.97. The smallest absolute Gasteiger partial charge is 0.307 e. The third-order valence-electron chi connectivity index (χ3n) is 2.45. The second-order valence-corrected chi connectivity index (χ2v) is 3.75. The van der Waals surface area contributed by atoms with E-state index in [0.717, 1.165) is 5.65 Å². The van der Waals surface area contributed by atoms with Crippen LogP contribution in [0.15, 0.2) is 30.6 Å². The Balaban J connectivity index is 2.13. The van der Waals surface area contributed by atoms with Crippen molar-refractivity contribution in [1.29, 1.82) is 0 Å². The van der Waals surface area contributed by atoms with Crippen molar-refractivity contribution in [3.05, 3.63) is 36.3 Å². The van der Waals surface area contributed by atoms with E-state index < -0.39 is 6.04 Å². The fourth-order valence-electron chi connectivity index (χ4n) is 1.64. The molecule has 0 amide bonds. The first-order valence-electron chi connectivity index (χ1n) is 5.55. The van der Waals surface area contributed by atoms with E-state index in [1.807, 2.05) is 35.0 Å². The number of fused-ring (bicyclic) bond motifs is 1. The molecule has 5 heteroatoms. The third kappa shape index (κ3) is 2.62. The fourth-order valence-corrected chi connectivity index (χ4v) is 1.64. The third-order valence-corrected chi connectivity index (χ3v) is 2.45. The van der Waals surface area contributed by atoms with E-state index in [0.29, 0.717) is 12.3 Å². The first kappa shape index (κ1) is 11.6. The standard InChI is InChI=1S/C12H15N3O2/c1-2-17-12(16)7-9(13)10-8-15-6-4-3-5-11(15)14-10/h3-6,8-9H,2,7,13H2,1H3/t9-/m0/s1. The highest BCUT2D eigenvalue weighted by Crippen LogP contribution is 2.14. The Bertz CT molecular complexity index is 488. The van der Waals surface area contributed by atoms with Gasteiger partial charge in [-0.05, 0) is 19.1 Å². The van der Waals surface area contributed by atoms with Crippen molar-refractivity contribution < 1.29 is 9.53 Å². The summed E-state index contributed by atoms with van der Waals surface area (Å²) in [7, 11) is 0. The van der Waals surface area contributed by atoms with Gasteiger partial charge in [0, 0.05) is 12.4 Å². The lowest BCUT2D eigenvalue weighted by molar-refractivity contribution is -0.143. The van der Waals surface area contributed by atoms with Crippen LogP contribution in [0.4, 0.5) is 0 Å². The average Bonchev–Trinajstić information content (AvgIpc) is 2.72. The summed E-state index contributed by atoms with van der Waals surface area (Å²) in [5.41, 5.74) is 7.43. The number of nitrogens with zero attached hydrogens (tertiary/aromatic N) is 2. The van der Waals surface area contributed by atoms with Gasteiger partial charge in [-0.1, -0.05) is 6.07 Å². The number of aromatic nitrogens is 2. The number of pyridine rings is 1. The van der Waals surface area contributed by atoms with Crippen molar-refractivity contribution in [3.63, 3.8) is 0 Å². The summed E-state index contributed by atoms with van der Waals surface area (Å²) < 4.78 is 6.73. The highest BCUT2D eigenvalue weighted by molar-refractivity contribution is 5.70. The summed E-state index contributed by atoms with van der Waals surface area (Å²) in [6.07, 6.45) is 3.87. The molecule has 1 atom stereocenters. The molecule has 0 fully saturated rings. The largest absolute Gasteiger partial charge is 0.466 e. The van der Waals surface area contributed by atoms with Crippen LogP contribution in [0.2, 0.25) is 0 Å². The Morgan fingerprint density at radius 3 is 3.12 bits per heavy atom. The van der Waals surface area contributed by atoms with Gasteiger partial charge in [-0.2, -0.15) is 0 Å².